The second-order valence-corrected chi connectivity index (χ2v) is 4.08. The molecule has 0 aromatic carbocycles. The van der Waals surface area contributed by atoms with Crippen molar-refractivity contribution in [2.24, 2.45) is 5.92 Å². The van der Waals surface area contributed by atoms with E-state index in [4.69, 9.17) is 0 Å². The molecule has 2 rings (SSSR count). The molecule has 0 amide bonds. The summed E-state index contributed by atoms with van der Waals surface area (Å²) in [7, 11) is 0. The van der Waals surface area contributed by atoms with Crippen LogP contribution in [0.3, 0.4) is 0 Å². The zero-order chi connectivity index (χ0) is 10.7. The highest BCUT2D eigenvalue weighted by Crippen LogP contribution is 2.25. The van der Waals surface area contributed by atoms with Crippen molar-refractivity contribution >= 4 is 5.82 Å². The van der Waals surface area contributed by atoms with Crippen LogP contribution in [0.1, 0.15) is 19.3 Å². The molecule has 1 aromatic rings. The minimum absolute atomic E-state index is 0.141. The summed E-state index contributed by atoms with van der Waals surface area (Å²) in [6.45, 7) is 0.801. The van der Waals surface area contributed by atoms with E-state index >= 15 is 0 Å². The fourth-order valence-corrected chi connectivity index (χ4v) is 1.96. The first-order chi connectivity index (χ1) is 7.24. The first-order valence-electron chi connectivity index (χ1n) is 5.27. The van der Waals surface area contributed by atoms with Crippen molar-refractivity contribution in [3.8, 4) is 0 Å². The standard InChI is InChI=1S/C11H15FN2O/c12-9-2-4-11(14-7-9)13-6-8-1-3-10(15)5-8/h2,4,7-8,10,15H,1,3,5-6H2,(H,13,14). The van der Waals surface area contributed by atoms with Crippen molar-refractivity contribution < 1.29 is 9.50 Å². The molecule has 15 heavy (non-hydrogen) atoms. The average Bonchev–Trinajstić information content (AvgIpc) is 2.64. The largest absolute Gasteiger partial charge is 0.393 e. The fourth-order valence-electron chi connectivity index (χ4n) is 1.96. The summed E-state index contributed by atoms with van der Waals surface area (Å²) in [6, 6.07) is 3.01. The van der Waals surface area contributed by atoms with Crippen LogP contribution in [0.25, 0.3) is 0 Å². The Morgan fingerprint density at radius 3 is 2.93 bits per heavy atom. The van der Waals surface area contributed by atoms with Gasteiger partial charge >= 0.3 is 0 Å². The molecule has 1 heterocycles. The van der Waals surface area contributed by atoms with Gasteiger partial charge in [0.05, 0.1) is 12.3 Å². The van der Waals surface area contributed by atoms with Gasteiger partial charge in [-0.05, 0) is 37.3 Å². The molecule has 1 fully saturated rings. The fraction of sp³-hybridized carbons (Fsp3) is 0.545. The van der Waals surface area contributed by atoms with E-state index in [9.17, 15) is 9.50 Å². The molecular formula is C11H15FN2O. The minimum Gasteiger partial charge on any atom is -0.393 e. The van der Waals surface area contributed by atoms with Gasteiger partial charge in [-0.25, -0.2) is 9.37 Å². The topological polar surface area (TPSA) is 45.1 Å². The van der Waals surface area contributed by atoms with Gasteiger partial charge in [-0.3, -0.25) is 0 Å². The van der Waals surface area contributed by atoms with Gasteiger partial charge in [0.15, 0.2) is 0 Å². The molecule has 2 N–H and O–H groups in total. The van der Waals surface area contributed by atoms with Gasteiger partial charge in [-0.15, -0.1) is 0 Å². The van der Waals surface area contributed by atoms with Gasteiger partial charge in [0.25, 0.3) is 0 Å². The van der Waals surface area contributed by atoms with E-state index in [-0.39, 0.29) is 11.9 Å². The predicted octanol–water partition coefficient (Wildman–Crippen LogP) is 1.79. The lowest BCUT2D eigenvalue weighted by atomic mass is 10.1. The van der Waals surface area contributed by atoms with Crippen LogP contribution in [0.4, 0.5) is 10.2 Å². The number of hydrogen-bond donors (Lipinski definition) is 2. The molecule has 1 aromatic heterocycles. The molecular weight excluding hydrogens is 195 g/mol. The van der Waals surface area contributed by atoms with Crippen LogP contribution < -0.4 is 5.32 Å². The molecule has 0 aliphatic heterocycles. The molecule has 82 valence electrons. The Bertz CT molecular complexity index is 315. The Labute approximate surface area is 88.3 Å². The quantitative estimate of drug-likeness (QED) is 0.799. The molecule has 3 nitrogen and oxygen atoms in total. The van der Waals surface area contributed by atoms with Gasteiger partial charge in [0.1, 0.15) is 11.6 Å². The van der Waals surface area contributed by atoms with E-state index in [0.29, 0.717) is 11.7 Å². The molecule has 4 heteroatoms. The summed E-state index contributed by atoms with van der Waals surface area (Å²) in [6.07, 6.45) is 3.86. The second-order valence-electron chi connectivity index (χ2n) is 4.08. The van der Waals surface area contributed by atoms with Crippen LogP contribution >= 0.6 is 0 Å². The van der Waals surface area contributed by atoms with Crippen LogP contribution in [-0.2, 0) is 0 Å². The van der Waals surface area contributed by atoms with Crippen molar-refractivity contribution in [3.63, 3.8) is 0 Å². The van der Waals surface area contributed by atoms with Gasteiger partial charge in [-0.2, -0.15) is 0 Å². The number of nitrogens with one attached hydrogen (secondary N) is 1. The van der Waals surface area contributed by atoms with Crippen LogP contribution in [0.15, 0.2) is 18.3 Å². The SMILES string of the molecule is OC1CCC(CNc2ccc(F)cn2)C1. The Morgan fingerprint density at radius 1 is 1.47 bits per heavy atom. The van der Waals surface area contributed by atoms with Crippen molar-refractivity contribution in [3.05, 3.63) is 24.1 Å². The van der Waals surface area contributed by atoms with Crippen molar-refractivity contribution in [2.75, 3.05) is 11.9 Å². The number of anilines is 1. The summed E-state index contributed by atoms with van der Waals surface area (Å²) >= 11 is 0. The van der Waals surface area contributed by atoms with E-state index in [1.807, 2.05) is 0 Å². The normalized spacial score (nSPS) is 25.5. The van der Waals surface area contributed by atoms with E-state index in [1.165, 1.54) is 12.3 Å². The molecule has 1 aliphatic carbocycles. The van der Waals surface area contributed by atoms with E-state index in [1.54, 1.807) is 6.07 Å². The Balaban J connectivity index is 1.80. The number of halogens is 1. The first-order valence-corrected chi connectivity index (χ1v) is 5.27. The number of aliphatic hydroxyl groups is 1. The number of aromatic nitrogens is 1. The number of pyridine rings is 1. The lowest BCUT2D eigenvalue weighted by Gasteiger charge is -2.10. The number of aliphatic hydroxyl groups excluding tert-OH is 1. The predicted molar refractivity (Wildman–Crippen MR) is 56.0 cm³/mol. The maximum atomic E-state index is 12.6. The molecule has 1 aliphatic rings. The highest BCUT2D eigenvalue weighted by Gasteiger charge is 2.22. The van der Waals surface area contributed by atoms with E-state index < -0.39 is 0 Å². The maximum Gasteiger partial charge on any atom is 0.141 e. The van der Waals surface area contributed by atoms with Gasteiger partial charge < -0.3 is 10.4 Å². The van der Waals surface area contributed by atoms with E-state index in [2.05, 4.69) is 10.3 Å². The average molecular weight is 210 g/mol. The monoisotopic (exact) mass is 210 g/mol. The molecule has 0 bridgehead atoms. The molecule has 2 atom stereocenters. The zero-order valence-electron chi connectivity index (χ0n) is 8.49. The third kappa shape index (κ3) is 2.89. The molecule has 0 spiro atoms. The minimum atomic E-state index is -0.322. The van der Waals surface area contributed by atoms with Crippen molar-refractivity contribution in [1.82, 2.24) is 4.98 Å². The van der Waals surface area contributed by atoms with Gasteiger partial charge in [0, 0.05) is 6.54 Å². The zero-order valence-corrected chi connectivity index (χ0v) is 8.49. The molecule has 2 unspecified atom stereocenters. The summed E-state index contributed by atoms with van der Waals surface area (Å²) in [4.78, 5) is 3.91. The lowest BCUT2D eigenvalue weighted by Crippen LogP contribution is -2.13. The number of rotatable bonds is 3. The Hall–Kier alpha value is -1.16. The summed E-state index contributed by atoms with van der Waals surface area (Å²) in [5.74, 6) is 0.876. The second kappa shape index (κ2) is 4.57. The van der Waals surface area contributed by atoms with Crippen LogP contribution in [0.2, 0.25) is 0 Å². The van der Waals surface area contributed by atoms with Crippen molar-refractivity contribution in [2.45, 2.75) is 25.4 Å². The van der Waals surface area contributed by atoms with Crippen LogP contribution in [0.5, 0.6) is 0 Å². The van der Waals surface area contributed by atoms with Crippen molar-refractivity contribution in [1.29, 1.82) is 0 Å². The summed E-state index contributed by atoms with van der Waals surface area (Å²) in [5, 5.41) is 12.5. The van der Waals surface area contributed by atoms with Crippen LogP contribution in [0, 0.1) is 11.7 Å². The number of nitrogens with zero attached hydrogens (tertiary/aromatic N) is 1. The summed E-state index contributed by atoms with van der Waals surface area (Å²) in [5.41, 5.74) is 0. The third-order valence-corrected chi connectivity index (χ3v) is 2.81. The Morgan fingerprint density at radius 2 is 2.33 bits per heavy atom. The first kappa shape index (κ1) is 10.4. The number of hydrogen-bond acceptors (Lipinski definition) is 3. The highest BCUT2D eigenvalue weighted by molar-refractivity contribution is 5.33. The summed E-state index contributed by atoms with van der Waals surface area (Å²) < 4.78 is 12.6. The lowest BCUT2D eigenvalue weighted by molar-refractivity contribution is 0.178. The molecule has 1 saturated carbocycles. The molecule has 0 saturated heterocycles. The molecule has 0 radical (unpaired) electrons. The highest BCUT2D eigenvalue weighted by atomic mass is 19.1. The van der Waals surface area contributed by atoms with Crippen LogP contribution in [-0.4, -0.2) is 22.7 Å². The van der Waals surface area contributed by atoms with Gasteiger partial charge in [0.2, 0.25) is 0 Å². The smallest absolute Gasteiger partial charge is 0.141 e. The Kier molecular flexibility index (Phi) is 3.16. The third-order valence-electron chi connectivity index (χ3n) is 2.81. The van der Waals surface area contributed by atoms with E-state index in [0.717, 1.165) is 25.8 Å². The van der Waals surface area contributed by atoms with Gasteiger partial charge in [-0.1, -0.05) is 0 Å². The maximum absolute atomic E-state index is 12.6.